The van der Waals surface area contributed by atoms with Crippen molar-refractivity contribution in [1.29, 1.82) is 0 Å². The fraction of sp³-hybridized carbons (Fsp3) is 0.409. The minimum absolute atomic E-state index is 0.0600. The fourth-order valence-corrected chi connectivity index (χ4v) is 4.92. The summed E-state index contributed by atoms with van der Waals surface area (Å²) < 4.78 is 33.0. The first kappa shape index (κ1) is 20.8. The van der Waals surface area contributed by atoms with Crippen LogP contribution in [0.25, 0.3) is 0 Å². The average molecular weight is 430 g/mol. The summed E-state index contributed by atoms with van der Waals surface area (Å²) in [5.41, 5.74) is 1.66. The van der Waals surface area contributed by atoms with Crippen LogP contribution < -0.4 is 9.62 Å². The summed E-state index contributed by atoms with van der Waals surface area (Å²) >= 11 is 0. The number of amides is 1. The molecule has 2 aliphatic heterocycles. The van der Waals surface area contributed by atoms with E-state index < -0.39 is 10.0 Å². The van der Waals surface area contributed by atoms with Gasteiger partial charge in [0.05, 0.1) is 11.0 Å². The van der Waals surface area contributed by atoms with Crippen LogP contribution in [0.1, 0.15) is 23.2 Å². The topological polar surface area (TPSA) is 78.9 Å². The van der Waals surface area contributed by atoms with Crippen LogP contribution in [0.15, 0.2) is 59.5 Å². The molecule has 2 aromatic rings. The molecule has 4 rings (SSSR count). The number of hydrogen-bond donors (Lipinski definition) is 1. The van der Waals surface area contributed by atoms with E-state index in [1.165, 1.54) is 12.1 Å². The SMILES string of the molecule is O=C(c1ccc(S(=O)(=O)NC[C@H]2CCCO2)cc1)N1CCN(c2ccccc2)CC1. The molecule has 2 heterocycles. The van der Waals surface area contributed by atoms with Gasteiger partial charge in [-0.25, -0.2) is 13.1 Å². The summed E-state index contributed by atoms with van der Waals surface area (Å²) in [7, 11) is -3.61. The van der Waals surface area contributed by atoms with Crippen LogP contribution in [0.3, 0.4) is 0 Å². The van der Waals surface area contributed by atoms with Crippen molar-refractivity contribution >= 4 is 21.6 Å². The Morgan fingerprint density at radius 1 is 1.00 bits per heavy atom. The van der Waals surface area contributed by atoms with Crippen molar-refractivity contribution in [1.82, 2.24) is 9.62 Å². The molecule has 8 heteroatoms. The molecule has 0 aliphatic carbocycles. The molecule has 0 saturated carbocycles. The number of nitrogens with one attached hydrogen (secondary N) is 1. The number of ether oxygens (including phenoxy) is 1. The van der Waals surface area contributed by atoms with Crippen molar-refractivity contribution in [2.75, 3.05) is 44.2 Å². The lowest BCUT2D eigenvalue weighted by Gasteiger charge is -2.36. The van der Waals surface area contributed by atoms with Crippen LogP contribution >= 0.6 is 0 Å². The van der Waals surface area contributed by atoms with Gasteiger partial charge >= 0.3 is 0 Å². The van der Waals surface area contributed by atoms with Gasteiger partial charge < -0.3 is 14.5 Å². The molecule has 0 unspecified atom stereocenters. The normalized spacial score (nSPS) is 19.8. The lowest BCUT2D eigenvalue weighted by molar-refractivity contribution is 0.0746. The highest BCUT2D eigenvalue weighted by Crippen LogP contribution is 2.18. The molecule has 1 atom stereocenters. The molecule has 1 amide bonds. The number of carbonyl (C=O) groups excluding carboxylic acids is 1. The minimum Gasteiger partial charge on any atom is -0.377 e. The number of para-hydroxylation sites is 1. The van der Waals surface area contributed by atoms with Crippen molar-refractivity contribution in [3.8, 4) is 0 Å². The van der Waals surface area contributed by atoms with E-state index in [2.05, 4.69) is 21.8 Å². The Bertz CT molecular complexity index is 950. The number of hydrogen-bond acceptors (Lipinski definition) is 5. The second-order valence-corrected chi connectivity index (χ2v) is 9.39. The zero-order chi connectivity index (χ0) is 21.0. The second kappa shape index (κ2) is 9.16. The van der Waals surface area contributed by atoms with Crippen molar-refractivity contribution in [3.05, 3.63) is 60.2 Å². The van der Waals surface area contributed by atoms with Crippen molar-refractivity contribution in [3.63, 3.8) is 0 Å². The van der Waals surface area contributed by atoms with Crippen molar-refractivity contribution in [2.45, 2.75) is 23.8 Å². The number of anilines is 1. The van der Waals surface area contributed by atoms with Crippen molar-refractivity contribution < 1.29 is 17.9 Å². The third-order valence-electron chi connectivity index (χ3n) is 5.62. The first-order valence-electron chi connectivity index (χ1n) is 10.3. The lowest BCUT2D eigenvalue weighted by Crippen LogP contribution is -2.48. The monoisotopic (exact) mass is 429 g/mol. The van der Waals surface area contributed by atoms with E-state index in [9.17, 15) is 13.2 Å². The van der Waals surface area contributed by atoms with Gasteiger partial charge in [-0.05, 0) is 49.2 Å². The fourth-order valence-electron chi connectivity index (χ4n) is 3.86. The zero-order valence-electron chi connectivity index (χ0n) is 16.9. The zero-order valence-corrected chi connectivity index (χ0v) is 17.7. The first-order chi connectivity index (χ1) is 14.5. The Hall–Kier alpha value is -2.42. The van der Waals surface area contributed by atoms with Crippen LogP contribution in [0.2, 0.25) is 0 Å². The lowest BCUT2D eigenvalue weighted by atomic mass is 10.1. The van der Waals surface area contributed by atoms with E-state index >= 15 is 0 Å². The predicted molar refractivity (Wildman–Crippen MR) is 115 cm³/mol. The highest BCUT2D eigenvalue weighted by molar-refractivity contribution is 7.89. The first-order valence-corrected chi connectivity index (χ1v) is 11.8. The summed E-state index contributed by atoms with van der Waals surface area (Å²) in [4.78, 5) is 17.1. The molecule has 2 aliphatic rings. The summed E-state index contributed by atoms with van der Waals surface area (Å²) in [5, 5.41) is 0. The standard InChI is InChI=1S/C22H27N3O4S/c26-22(25-14-12-24(13-15-25)19-5-2-1-3-6-19)18-8-10-21(11-9-18)30(27,28)23-17-20-7-4-16-29-20/h1-3,5-6,8-11,20,23H,4,7,12-17H2/t20-/m1/s1. The number of piperazine rings is 1. The smallest absolute Gasteiger partial charge is 0.253 e. The molecule has 0 aromatic heterocycles. The second-order valence-electron chi connectivity index (χ2n) is 7.63. The maximum Gasteiger partial charge on any atom is 0.253 e. The van der Waals surface area contributed by atoms with E-state index in [0.29, 0.717) is 25.3 Å². The number of carbonyl (C=O) groups is 1. The van der Waals surface area contributed by atoms with Gasteiger partial charge in [0.1, 0.15) is 0 Å². The maximum atomic E-state index is 12.8. The van der Waals surface area contributed by atoms with Gasteiger partial charge in [-0.3, -0.25) is 4.79 Å². The van der Waals surface area contributed by atoms with Gasteiger partial charge in [-0.2, -0.15) is 0 Å². The number of rotatable bonds is 6. The summed E-state index contributed by atoms with van der Waals surface area (Å²) in [5.74, 6) is -0.0704. The minimum atomic E-state index is -3.61. The van der Waals surface area contributed by atoms with E-state index in [4.69, 9.17) is 4.74 Å². The number of nitrogens with zero attached hydrogens (tertiary/aromatic N) is 2. The number of sulfonamides is 1. The van der Waals surface area contributed by atoms with Crippen molar-refractivity contribution in [2.24, 2.45) is 0 Å². The molecule has 7 nitrogen and oxygen atoms in total. The summed E-state index contributed by atoms with van der Waals surface area (Å²) in [6.45, 7) is 3.77. The molecule has 0 spiro atoms. The van der Waals surface area contributed by atoms with Gasteiger partial charge in [-0.15, -0.1) is 0 Å². The van der Waals surface area contributed by atoms with Gasteiger partial charge in [0.15, 0.2) is 0 Å². The average Bonchev–Trinajstić information content (AvgIpc) is 3.32. The molecule has 2 aromatic carbocycles. The largest absolute Gasteiger partial charge is 0.377 e. The molecule has 1 N–H and O–H groups in total. The predicted octanol–water partition coefficient (Wildman–Crippen LogP) is 2.11. The highest BCUT2D eigenvalue weighted by Gasteiger charge is 2.24. The molecular formula is C22H27N3O4S. The molecule has 30 heavy (non-hydrogen) atoms. The molecule has 2 saturated heterocycles. The third kappa shape index (κ3) is 4.83. The maximum absolute atomic E-state index is 12.8. The molecule has 0 bridgehead atoms. The Morgan fingerprint density at radius 3 is 2.33 bits per heavy atom. The Labute approximate surface area is 177 Å². The Balaban J connectivity index is 1.34. The molecule has 160 valence electrons. The van der Waals surface area contributed by atoms with Crippen LogP contribution in [0.4, 0.5) is 5.69 Å². The summed E-state index contributed by atoms with van der Waals surface area (Å²) in [6, 6.07) is 16.3. The molecule has 2 fully saturated rings. The number of benzene rings is 2. The highest BCUT2D eigenvalue weighted by atomic mass is 32.2. The van der Waals surface area contributed by atoms with Gasteiger partial charge in [0.25, 0.3) is 5.91 Å². The molecule has 0 radical (unpaired) electrons. The Kier molecular flexibility index (Phi) is 6.36. The van der Waals surface area contributed by atoms with E-state index in [1.54, 1.807) is 12.1 Å². The Morgan fingerprint density at radius 2 is 1.70 bits per heavy atom. The molecular weight excluding hydrogens is 402 g/mol. The van der Waals surface area contributed by atoms with Crippen LogP contribution in [-0.4, -0.2) is 64.7 Å². The van der Waals surface area contributed by atoms with Crippen LogP contribution in [-0.2, 0) is 14.8 Å². The van der Waals surface area contributed by atoms with E-state index in [1.807, 2.05) is 23.1 Å². The van der Waals surface area contributed by atoms with E-state index in [0.717, 1.165) is 31.6 Å². The van der Waals surface area contributed by atoms with Crippen LogP contribution in [0.5, 0.6) is 0 Å². The van der Waals surface area contributed by atoms with Gasteiger partial charge in [0.2, 0.25) is 10.0 Å². The van der Waals surface area contributed by atoms with Gasteiger partial charge in [0, 0.05) is 50.6 Å². The third-order valence-corrected chi connectivity index (χ3v) is 7.06. The quantitative estimate of drug-likeness (QED) is 0.761. The summed E-state index contributed by atoms with van der Waals surface area (Å²) in [6.07, 6.45) is 1.77. The van der Waals surface area contributed by atoms with E-state index in [-0.39, 0.29) is 23.5 Å². The van der Waals surface area contributed by atoms with Crippen LogP contribution in [0, 0.1) is 0 Å². The van der Waals surface area contributed by atoms with Gasteiger partial charge in [-0.1, -0.05) is 18.2 Å².